The van der Waals surface area contributed by atoms with E-state index in [0.29, 0.717) is 24.1 Å². The second-order valence-electron chi connectivity index (χ2n) is 7.16. The molecule has 0 bridgehead atoms. The molecular weight excluding hydrogens is 350 g/mol. The highest BCUT2D eigenvalue weighted by molar-refractivity contribution is 7.89. The van der Waals surface area contributed by atoms with Gasteiger partial charge < -0.3 is 5.11 Å². The Bertz CT molecular complexity index is 841. The van der Waals surface area contributed by atoms with Crippen LogP contribution in [0.3, 0.4) is 0 Å². The minimum atomic E-state index is -3.74. The first-order valence-electron chi connectivity index (χ1n) is 9.15. The molecule has 0 radical (unpaired) electrons. The third kappa shape index (κ3) is 4.23. The molecule has 26 heavy (non-hydrogen) atoms. The molecule has 1 aromatic carbocycles. The van der Waals surface area contributed by atoms with Gasteiger partial charge in [0.2, 0.25) is 10.0 Å². The van der Waals surface area contributed by atoms with Gasteiger partial charge in [0.25, 0.3) is 0 Å². The summed E-state index contributed by atoms with van der Waals surface area (Å²) in [5.74, 6) is 0. The fraction of sp³-hybridized carbons (Fsp3) is 0.526. The van der Waals surface area contributed by atoms with E-state index in [1.165, 1.54) is 6.42 Å². The van der Waals surface area contributed by atoms with Gasteiger partial charge in [-0.3, -0.25) is 9.88 Å². The molecule has 0 unspecified atom stereocenters. The maximum atomic E-state index is 12.7. The number of pyridine rings is 1. The summed E-state index contributed by atoms with van der Waals surface area (Å²) >= 11 is 0. The topological polar surface area (TPSA) is 82.5 Å². The van der Waals surface area contributed by atoms with Gasteiger partial charge in [-0.1, -0.05) is 24.6 Å². The largest absolute Gasteiger partial charge is 0.390 e. The molecule has 3 rings (SSSR count). The number of likely N-dealkylation sites (tertiary alicyclic amines) is 1. The quantitative estimate of drug-likeness (QED) is 0.806. The zero-order chi connectivity index (χ0) is 18.7. The summed E-state index contributed by atoms with van der Waals surface area (Å²) in [6.07, 6.45) is 4.26. The maximum Gasteiger partial charge on any atom is 0.242 e. The normalized spacial score (nSPS) is 23.2. The third-order valence-electron chi connectivity index (χ3n) is 5.19. The van der Waals surface area contributed by atoms with Crippen LogP contribution in [-0.4, -0.2) is 54.7 Å². The predicted molar refractivity (Wildman–Crippen MR) is 102 cm³/mol. The number of aliphatic hydroxyl groups is 1. The molecule has 0 aliphatic carbocycles. The molecule has 1 aromatic heterocycles. The van der Waals surface area contributed by atoms with Crippen molar-refractivity contribution in [3.05, 3.63) is 36.5 Å². The van der Waals surface area contributed by atoms with Crippen LogP contribution >= 0.6 is 0 Å². The highest BCUT2D eigenvalue weighted by atomic mass is 32.2. The monoisotopic (exact) mass is 377 g/mol. The summed E-state index contributed by atoms with van der Waals surface area (Å²) in [5.41, 5.74) is 0.440. The van der Waals surface area contributed by atoms with Crippen molar-refractivity contribution in [2.24, 2.45) is 0 Å². The maximum absolute atomic E-state index is 12.7. The molecule has 7 heteroatoms. The van der Waals surface area contributed by atoms with Gasteiger partial charge in [0, 0.05) is 36.8 Å². The summed E-state index contributed by atoms with van der Waals surface area (Å²) < 4.78 is 27.9. The van der Waals surface area contributed by atoms with Crippen LogP contribution in [0.4, 0.5) is 0 Å². The predicted octanol–water partition coefficient (Wildman–Crippen LogP) is 2.14. The van der Waals surface area contributed by atoms with Crippen molar-refractivity contribution in [2.45, 2.75) is 56.2 Å². The number of nitrogens with zero attached hydrogens (tertiary/aromatic N) is 2. The van der Waals surface area contributed by atoms with Crippen LogP contribution in [-0.2, 0) is 10.0 Å². The van der Waals surface area contributed by atoms with Crippen molar-refractivity contribution in [2.75, 3.05) is 13.1 Å². The SMILES string of the molecule is C[C@@H]1CCC[C@H](C)N1C[C@@H](O)CNS(=O)(=O)c1cccc2cccnc12. The Balaban J connectivity index is 1.68. The molecule has 1 aliphatic rings. The lowest BCUT2D eigenvalue weighted by molar-refractivity contribution is 0.0438. The lowest BCUT2D eigenvalue weighted by Gasteiger charge is -2.40. The van der Waals surface area contributed by atoms with Crippen LogP contribution in [0.15, 0.2) is 41.4 Å². The van der Waals surface area contributed by atoms with Crippen LogP contribution in [0, 0.1) is 0 Å². The van der Waals surface area contributed by atoms with Crippen molar-refractivity contribution < 1.29 is 13.5 Å². The molecule has 0 saturated carbocycles. The molecule has 3 atom stereocenters. The second kappa shape index (κ2) is 8.00. The Morgan fingerprint density at radius 3 is 2.65 bits per heavy atom. The summed E-state index contributed by atoms with van der Waals surface area (Å²) in [6, 6.07) is 9.49. The lowest BCUT2D eigenvalue weighted by Crippen LogP contribution is -2.49. The van der Waals surface area contributed by atoms with E-state index < -0.39 is 16.1 Å². The zero-order valence-electron chi connectivity index (χ0n) is 15.3. The van der Waals surface area contributed by atoms with E-state index in [-0.39, 0.29) is 11.4 Å². The van der Waals surface area contributed by atoms with Crippen molar-refractivity contribution in [3.63, 3.8) is 0 Å². The Kier molecular flexibility index (Phi) is 5.92. The molecule has 2 N–H and O–H groups in total. The minimum absolute atomic E-state index is 0.0124. The van der Waals surface area contributed by atoms with Gasteiger partial charge in [-0.2, -0.15) is 0 Å². The van der Waals surface area contributed by atoms with E-state index in [9.17, 15) is 13.5 Å². The molecule has 1 aliphatic heterocycles. The smallest absolute Gasteiger partial charge is 0.242 e. The Morgan fingerprint density at radius 2 is 1.92 bits per heavy atom. The number of fused-ring (bicyclic) bond motifs is 1. The van der Waals surface area contributed by atoms with Gasteiger partial charge in [-0.15, -0.1) is 0 Å². The minimum Gasteiger partial charge on any atom is -0.390 e. The van der Waals surface area contributed by atoms with Crippen molar-refractivity contribution in [1.82, 2.24) is 14.6 Å². The standard InChI is InChI=1S/C19H27N3O3S/c1-14-6-3-7-15(2)22(14)13-17(23)12-21-26(24,25)18-10-4-8-16-9-5-11-20-19(16)18/h4-5,8-11,14-15,17,21,23H,3,6-7,12-13H2,1-2H3/t14-,15+,17-/m0/s1. The molecule has 142 valence electrons. The van der Waals surface area contributed by atoms with Gasteiger partial charge in [0.05, 0.1) is 11.6 Å². The number of sulfonamides is 1. The average molecular weight is 378 g/mol. The van der Waals surface area contributed by atoms with Gasteiger partial charge in [-0.05, 0) is 38.8 Å². The highest BCUT2D eigenvalue weighted by Gasteiger charge is 2.27. The van der Waals surface area contributed by atoms with Crippen molar-refractivity contribution in [1.29, 1.82) is 0 Å². The lowest BCUT2D eigenvalue weighted by atomic mass is 9.97. The molecule has 6 nitrogen and oxygen atoms in total. The van der Waals surface area contributed by atoms with Crippen LogP contribution in [0.2, 0.25) is 0 Å². The number of aliphatic hydroxyl groups excluding tert-OH is 1. The van der Waals surface area contributed by atoms with Crippen molar-refractivity contribution in [3.8, 4) is 0 Å². The molecule has 2 aromatic rings. The fourth-order valence-electron chi connectivity index (χ4n) is 3.72. The summed E-state index contributed by atoms with van der Waals surface area (Å²) in [5, 5.41) is 11.1. The zero-order valence-corrected chi connectivity index (χ0v) is 16.1. The van der Waals surface area contributed by atoms with Crippen LogP contribution < -0.4 is 4.72 Å². The summed E-state index contributed by atoms with van der Waals surface area (Å²) in [4.78, 5) is 6.61. The van der Waals surface area contributed by atoms with Gasteiger partial charge in [-0.25, -0.2) is 13.1 Å². The summed E-state index contributed by atoms with van der Waals surface area (Å²) in [7, 11) is -3.74. The third-order valence-corrected chi connectivity index (χ3v) is 6.65. The number of rotatable bonds is 6. The number of nitrogens with one attached hydrogen (secondary N) is 1. The Hall–Kier alpha value is -1.54. The number of benzene rings is 1. The van der Waals surface area contributed by atoms with Crippen LogP contribution in [0.25, 0.3) is 10.9 Å². The highest BCUT2D eigenvalue weighted by Crippen LogP contribution is 2.23. The number of β-amino-alcohol motifs (C(OH)–C–C–N with tert-alkyl or cyclic N) is 1. The number of hydrogen-bond acceptors (Lipinski definition) is 5. The molecule has 0 amide bonds. The van der Waals surface area contributed by atoms with E-state index in [2.05, 4.69) is 28.5 Å². The Labute approximate surface area is 155 Å². The van der Waals surface area contributed by atoms with Crippen molar-refractivity contribution >= 4 is 20.9 Å². The van der Waals surface area contributed by atoms with E-state index in [4.69, 9.17) is 0 Å². The van der Waals surface area contributed by atoms with E-state index in [0.717, 1.165) is 18.2 Å². The van der Waals surface area contributed by atoms with Gasteiger partial charge in [0.15, 0.2) is 0 Å². The Morgan fingerprint density at radius 1 is 1.23 bits per heavy atom. The van der Waals surface area contributed by atoms with Crippen LogP contribution in [0.1, 0.15) is 33.1 Å². The summed E-state index contributed by atoms with van der Waals surface area (Å²) in [6.45, 7) is 4.78. The average Bonchev–Trinajstić information content (AvgIpc) is 2.63. The molecule has 1 saturated heterocycles. The van der Waals surface area contributed by atoms with Gasteiger partial charge >= 0.3 is 0 Å². The molecule has 2 heterocycles. The number of para-hydroxylation sites is 1. The van der Waals surface area contributed by atoms with E-state index in [1.54, 1.807) is 24.4 Å². The molecule has 1 fully saturated rings. The van der Waals surface area contributed by atoms with E-state index >= 15 is 0 Å². The second-order valence-corrected chi connectivity index (χ2v) is 8.90. The number of hydrogen-bond donors (Lipinski definition) is 2. The first-order chi connectivity index (χ1) is 12.4. The first-order valence-corrected chi connectivity index (χ1v) is 10.6. The fourth-order valence-corrected chi connectivity index (χ4v) is 4.97. The first kappa shape index (κ1) is 19.2. The van der Waals surface area contributed by atoms with Gasteiger partial charge in [0.1, 0.15) is 4.90 Å². The molecular formula is C19H27N3O3S. The number of aromatic nitrogens is 1. The number of piperidine rings is 1. The van der Waals surface area contributed by atoms with Crippen LogP contribution in [0.5, 0.6) is 0 Å². The van der Waals surface area contributed by atoms with E-state index in [1.807, 2.05) is 12.1 Å². The molecule has 0 spiro atoms.